The lowest BCUT2D eigenvalue weighted by Crippen LogP contribution is -2.61. The van der Waals surface area contributed by atoms with E-state index < -0.39 is 24.0 Å². The molecule has 3 amide bonds. The first-order valence-electron chi connectivity index (χ1n) is 19.8. The number of allylic oxidation sites excluding steroid dienone is 1. The molecule has 3 aromatic rings. The average molecular weight is 756 g/mol. The number of rotatable bonds is 10. The Balaban J connectivity index is 0.885. The second kappa shape index (κ2) is 15.5. The third-order valence-electron chi connectivity index (χ3n) is 12.5. The number of hydrogen-bond acceptors (Lipinski definition) is 8. The summed E-state index contributed by atoms with van der Waals surface area (Å²) in [5.74, 6) is -1.10. The Labute approximate surface area is 327 Å². The molecule has 5 aliphatic heterocycles. The number of hydrogen-bond donors (Lipinski definition) is 1. The van der Waals surface area contributed by atoms with Gasteiger partial charge in [0.05, 0.1) is 44.3 Å². The van der Waals surface area contributed by atoms with Crippen molar-refractivity contribution in [3.05, 3.63) is 107 Å². The predicted octanol–water partition coefficient (Wildman–Crippen LogP) is 6.70. The molecular formula is C45H49N5O6. The zero-order chi connectivity index (χ0) is 39.0. The molecule has 290 valence electrons. The van der Waals surface area contributed by atoms with E-state index in [9.17, 15) is 19.2 Å². The van der Waals surface area contributed by atoms with E-state index >= 15 is 0 Å². The number of benzene rings is 3. The molecule has 1 unspecified atom stereocenters. The summed E-state index contributed by atoms with van der Waals surface area (Å²) in [6.45, 7) is 2.79. The number of piperidine rings is 1. The SMILES string of the molecule is COC(=O)C[C@@H](C(=O)N1CCCC1C1=Nc2ccc(Cc3ccc(C4=CN=C([C@@H]5CC[C@]6(C)CC[C@H](NC(=O)OC)C(=O)N56)C4)cc3)cc2C1)c1ccccc1. The Bertz CT molecular complexity index is 2130. The van der Waals surface area contributed by atoms with E-state index in [1.54, 1.807) is 0 Å². The Morgan fingerprint density at radius 1 is 0.893 bits per heavy atom. The second-order valence-electron chi connectivity index (χ2n) is 16.0. The summed E-state index contributed by atoms with van der Waals surface area (Å²) >= 11 is 0. The van der Waals surface area contributed by atoms with E-state index in [1.165, 1.54) is 30.9 Å². The minimum absolute atomic E-state index is 0.00618. The number of ether oxygens (including phenoxy) is 2. The van der Waals surface area contributed by atoms with Crippen LogP contribution in [-0.2, 0) is 36.7 Å². The molecule has 0 aliphatic carbocycles. The van der Waals surface area contributed by atoms with Crippen molar-refractivity contribution in [2.24, 2.45) is 9.98 Å². The third-order valence-corrected chi connectivity index (χ3v) is 12.5. The quantitative estimate of drug-likeness (QED) is 0.230. The van der Waals surface area contributed by atoms with Crippen LogP contribution in [-0.4, -0.2) is 89.5 Å². The molecule has 3 aromatic carbocycles. The van der Waals surface area contributed by atoms with Gasteiger partial charge < -0.3 is 24.6 Å². The minimum atomic E-state index is -0.596. The highest BCUT2D eigenvalue weighted by molar-refractivity contribution is 6.04. The van der Waals surface area contributed by atoms with Crippen LogP contribution in [0.25, 0.3) is 5.57 Å². The monoisotopic (exact) mass is 755 g/mol. The van der Waals surface area contributed by atoms with E-state index in [-0.39, 0.29) is 35.9 Å². The summed E-state index contributed by atoms with van der Waals surface area (Å²) in [5, 5.41) is 2.73. The molecule has 5 heterocycles. The zero-order valence-corrected chi connectivity index (χ0v) is 32.3. The number of likely N-dealkylation sites (tertiary alicyclic amines) is 1. The van der Waals surface area contributed by atoms with Crippen LogP contribution in [0.2, 0.25) is 0 Å². The van der Waals surface area contributed by atoms with Gasteiger partial charge in [-0.25, -0.2) is 4.79 Å². The number of esters is 1. The first-order valence-corrected chi connectivity index (χ1v) is 19.8. The fourth-order valence-electron chi connectivity index (χ4n) is 9.48. The fourth-order valence-corrected chi connectivity index (χ4v) is 9.48. The normalized spacial score (nSPS) is 24.5. The van der Waals surface area contributed by atoms with Crippen molar-refractivity contribution in [3.63, 3.8) is 0 Å². The number of alkyl carbamates (subject to hydrolysis) is 1. The average Bonchev–Trinajstić information content (AvgIpc) is 4.04. The van der Waals surface area contributed by atoms with Crippen LogP contribution >= 0.6 is 0 Å². The lowest BCUT2D eigenvalue weighted by molar-refractivity contribution is -0.144. The van der Waals surface area contributed by atoms with Gasteiger partial charge in [0.1, 0.15) is 6.04 Å². The smallest absolute Gasteiger partial charge is 0.407 e. The molecule has 0 radical (unpaired) electrons. The Hall–Kier alpha value is -5.58. The Morgan fingerprint density at radius 2 is 1.66 bits per heavy atom. The first kappa shape index (κ1) is 37.3. The van der Waals surface area contributed by atoms with E-state index in [0.29, 0.717) is 25.8 Å². The zero-order valence-electron chi connectivity index (χ0n) is 32.3. The van der Waals surface area contributed by atoms with Crippen molar-refractivity contribution in [1.82, 2.24) is 15.1 Å². The maximum atomic E-state index is 14.0. The molecule has 0 saturated carbocycles. The largest absolute Gasteiger partial charge is 0.469 e. The molecule has 1 N–H and O–H groups in total. The number of nitrogens with one attached hydrogen (secondary N) is 1. The Kier molecular flexibility index (Phi) is 10.3. The van der Waals surface area contributed by atoms with Gasteiger partial charge in [-0.3, -0.25) is 24.4 Å². The van der Waals surface area contributed by atoms with Crippen molar-refractivity contribution < 1.29 is 28.7 Å². The maximum Gasteiger partial charge on any atom is 0.407 e. The van der Waals surface area contributed by atoms with Gasteiger partial charge in [0.2, 0.25) is 11.8 Å². The fraction of sp³-hybridized carbons (Fsp3) is 0.422. The summed E-state index contributed by atoms with van der Waals surface area (Å²) in [7, 11) is 2.67. The van der Waals surface area contributed by atoms with Crippen LogP contribution in [0, 0.1) is 0 Å². The standard InChI is InChI=1S/C45H49N5O6/c1-45-19-17-36(48-44(54)56-3)43(53)50(45)40(18-20-45)37-25-33(27-46-37)30-14-11-28(12-15-30)22-29-13-16-35-32(23-29)24-38(47-35)39-10-7-21-49(39)42(52)34(26-41(51)55-2)31-8-5-4-6-9-31/h4-6,8-9,11-16,23,27,34,36,39-40H,7,10,17-22,24-26H2,1-3H3,(H,48,54)/t34-,36+,39?,40+,45+/m1/s1. The molecule has 0 spiro atoms. The number of fused-ring (bicyclic) bond motifs is 2. The second-order valence-corrected chi connectivity index (χ2v) is 16.0. The van der Waals surface area contributed by atoms with Crippen molar-refractivity contribution >= 4 is 46.6 Å². The molecule has 11 heteroatoms. The van der Waals surface area contributed by atoms with Crippen molar-refractivity contribution in [2.75, 3.05) is 20.8 Å². The number of amides is 3. The van der Waals surface area contributed by atoms with Gasteiger partial charge in [-0.15, -0.1) is 0 Å². The summed E-state index contributed by atoms with van der Waals surface area (Å²) in [6, 6.07) is 23.9. The van der Waals surface area contributed by atoms with Gasteiger partial charge in [-0.1, -0.05) is 66.7 Å². The molecule has 3 saturated heterocycles. The maximum absolute atomic E-state index is 14.0. The lowest BCUT2D eigenvalue weighted by atomic mass is 9.86. The van der Waals surface area contributed by atoms with Crippen LogP contribution in [0.15, 0.2) is 89.0 Å². The summed E-state index contributed by atoms with van der Waals surface area (Å²) in [5.41, 5.74) is 9.38. The molecule has 0 aromatic heterocycles. The molecule has 8 rings (SSSR count). The first-order chi connectivity index (χ1) is 27.1. The van der Waals surface area contributed by atoms with Gasteiger partial charge in [-0.05, 0) is 91.3 Å². The summed E-state index contributed by atoms with van der Waals surface area (Å²) in [4.78, 5) is 65.7. The lowest BCUT2D eigenvalue weighted by Gasteiger charge is -2.45. The number of methoxy groups -OCH3 is 2. The van der Waals surface area contributed by atoms with Crippen molar-refractivity contribution in [1.29, 1.82) is 0 Å². The molecule has 0 bridgehead atoms. The minimum Gasteiger partial charge on any atom is -0.469 e. The molecule has 11 nitrogen and oxygen atoms in total. The van der Waals surface area contributed by atoms with Crippen molar-refractivity contribution in [2.45, 2.75) is 101 Å². The molecule has 5 aliphatic rings. The van der Waals surface area contributed by atoms with Gasteiger partial charge in [0, 0.05) is 42.5 Å². The van der Waals surface area contributed by atoms with Gasteiger partial charge in [0.25, 0.3) is 0 Å². The number of nitrogens with zero attached hydrogens (tertiary/aromatic N) is 4. The van der Waals surface area contributed by atoms with E-state index in [4.69, 9.17) is 19.5 Å². The number of carbonyl (C=O) groups excluding carboxylic acids is 4. The van der Waals surface area contributed by atoms with Gasteiger partial charge in [0.15, 0.2) is 0 Å². The summed E-state index contributed by atoms with van der Waals surface area (Å²) < 4.78 is 9.73. The topological polar surface area (TPSA) is 130 Å². The molecule has 56 heavy (non-hydrogen) atoms. The number of carbonyl (C=O) groups is 4. The molecule has 3 fully saturated rings. The third kappa shape index (κ3) is 7.27. The predicted molar refractivity (Wildman–Crippen MR) is 214 cm³/mol. The van der Waals surface area contributed by atoms with Crippen LogP contribution in [0.4, 0.5) is 10.5 Å². The number of aliphatic imine (C=N–C) groups is 2. The van der Waals surface area contributed by atoms with Crippen LogP contribution in [0.3, 0.4) is 0 Å². The Morgan fingerprint density at radius 3 is 2.43 bits per heavy atom. The summed E-state index contributed by atoms with van der Waals surface area (Å²) in [6.07, 6.45) is 8.49. The molecular weight excluding hydrogens is 707 g/mol. The highest BCUT2D eigenvalue weighted by Gasteiger charge is 2.52. The molecule has 5 atom stereocenters. The highest BCUT2D eigenvalue weighted by Crippen LogP contribution is 2.44. The van der Waals surface area contributed by atoms with E-state index in [2.05, 4.69) is 54.7 Å². The van der Waals surface area contributed by atoms with Crippen LogP contribution in [0.5, 0.6) is 0 Å². The van der Waals surface area contributed by atoms with Gasteiger partial charge in [-0.2, -0.15) is 0 Å². The van der Waals surface area contributed by atoms with E-state index in [0.717, 1.165) is 72.3 Å². The van der Waals surface area contributed by atoms with Crippen LogP contribution in [0.1, 0.15) is 92.0 Å². The van der Waals surface area contributed by atoms with Gasteiger partial charge >= 0.3 is 12.1 Å². The van der Waals surface area contributed by atoms with Crippen LogP contribution < -0.4 is 5.32 Å². The highest BCUT2D eigenvalue weighted by atomic mass is 16.5. The van der Waals surface area contributed by atoms with Crippen molar-refractivity contribution in [3.8, 4) is 0 Å². The van der Waals surface area contributed by atoms with E-state index in [1.807, 2.05) is 46.3 Å².